The summed E-state index contributed by atoms with van der Waals surface area (Å²) in [4.78, 5) is 13.5. The van der Waals surface area contributed by atoms with Crippen molar-refractivity contribution in [2.75, 3.05) is 20.2 Å². The highest BCUT2D eigenvalue weighted by Crippen LogP contribution is 2.15. The third-order valence-corrected chi connectivity index (χ3v) is 3.22. The number of nitrogens with zero attached hydrogens (tertiary/aromatic N) is 1. The molecule has 0 fully saturated rings. The number of ether oxygens (including phenoxy) is 1. The molecule has 0 saturated heterocycles. The van der Waals surface area contributed by atoms with Crippen LogP contribution in [0.4, 0.5) is 8.78 Å². The first-order valence-electron chi connectivity index (χ1n) is 6.92. The smallest absolute Gasteiger partial charge is 0.226 e. The predicted octanol–water partition coefficient (Wildman–Crippen LogP) is 3.04. The number of benzene rings is 2. The van der Waals surface area contributed by atoms with Gasteiger partial charge in [-0.05, 0) is 29.8 Å². The van der Waals surface area contributed by atoms with Crippen LogP contribution in [0, 0.1) is 11.6 Å². The van der Waals surface area contributed by atoms with Gasteiger partial charge in [-0.15, -0.1) is 0 Å². The van der Waals surface area contributed by atoms with Crippen molar-refractivity contribution in [2.45, 2.75) is 6.42 Å². The monoisotopic (exact) mass is 305 g/mol. The summed E-state index contributed by atoms with van der Waals surface area (Å²) in [6, 6.07) is 11.9. The van der Waals surface area contributed by atoms with Crippen LogP contribution in [0.1, 0.15) is 5.56 Å². The molecule has 0 heterocycles. The topological polar surface area (TPSA) is 29.5 Å². The summed E-state index contributed by atoms with van der Waals surface area (Å²) in [5.41, 5.74) is 0.744. The van der Waals surface area contributed by atoms with Gasteiger partial charge in [-0.2, -0.15) is 0 Å². The Kier molecular flexibility index (Phi) is 5.47. The van der Waals surface area contributed by atoms with Crippen LogP contribution in [0.2, 0.25) is 0 Å². The van der Waals surface area contributed by atoms with E-state index < -0.39 is 5.82 Å². The zero-order chi connectivity index (χ0) is 15.9. The maximum absolute atomic E-state index is 13.4. The third-order valence-electron chi connectivity index (χ3n) is 3.22. The molecule has 0 aromatic heterocycles. The molecule has 0 atom stereocenters. The Morgan fingerprint density at radius 3 is 2.45 bits per heavy atom. The molecular formula is C17H17F2NO2. The number of likely N-dealkylation sites (N-methyl/N-ethyl adjacent to an activating group) is 1. The molecule has 5 heteroatoms. The van der Waals surface area contributed by atoms with Gasteiger partial charge < -0.3 is 9.64 Å². The summed E-state index contributed by atoms with van der Waals surface area (Å²) in [7, 11) is 1.65. The average molecular weight is 305 g/mol. The van der Waals surface area contributed by atoms with Crippen molar-refractivity contribution in [1.29, 1.82) is 0 Å². The Bertz CT molecular complexity index is 629. The first-order chi connectivity index (χ1) is 10.6. The van der Waals surface area contributed by atoms with Gasteiger partial charge in [-0.3, -0.25) is 4.79 Å². The second kappa shape index (κ2) is 7.54. The second-order valence-electron chi connectivity index (χ2n) is 4.90. The van der Waals surface area contributed by atoms with E-state index in [0.717, 1.165) is 5.56 Å². The van der Waals surface area contributed by atoms with Crippen LogP contribution in [-0.2, 0) is 11.2 Å². The highest BCUT2D eigenvalue weighted by Gasteiger charge is 2.10. The molecule has 0 radical (unpaired) electrons. The van der Waals surface area contributed by atoms with Crippen LogP contribution < -0.4 is 4.74 Å². The Morgan fingerprint density at radius 2 is 1.77 bits per heavy atom. The lowest BCUT2D eigenvalue weighted by molar-refractivity contribution is -0.129. The van der Waals surface area contributed by atoms with E-state index in [9.17, 15) is 13.6 Å². The first kappa shape index (κ1) is 15.9. The molecule has 0 unspecified atom stereocenters. The standard InChI is InChI=1S/C17H17F2NO2/c1-20(10-11-22-16-5-3-2-4-15(16)19)17(21)12-13-6-8-14(18)9-7-13/h2-9H,10-12H2,1H3. The van der Waals surface area contributed by atoms with Gasteiger partial charge in [-0.1, -0.05) is 24.3 Å². The molecule has 0 spiro atoms. The maximum atomic E-state index is 13.4. The van der Waals surface area contributed by atoms with Gasteiger partial charge in [0, 0.05) is 7.05 Å². The zero-order valence-electron chi connectivity index (χ0n) is 12.3. The number of carbonyl (C=O) groups excluding carboxylic acids is 1. The Balaban J connectivity index is 1.79. The lowest BCUT2D eigenvalue weighted by atomic mass is 10.1. The number of hydrogen-bond acceptors (Lipinski definition) is 2. The van der Waals surface area contributed by atoms with Crippen LogP contribution in [0.5, 0.6) is 5.75 Å². The number of para-hydroxylation sites is 1. The van der Waals surface area contributed by atoms with Gasteiger partial charge in [0.25, 0.3) is 0 Å². The summed E-state index contributed by atoms with van der Waals surface area (Å²) in [6.07, 6.45) is 0.191. The SMILES string of the molecule is CN(CCOc1ccccc1F)C(=O)Cc1ccc(F)cc1. The summed E-state index contributed by atoms with van der Waals surface area (Å²) in [5.74, 6) is -0.698. The number of rotatable bonds is 6. The number of carbonyl (C=O) groups is 1. The molecule has 3 nitrogen and oxygen atoms in total. The summed E-state index contributed by atoms with van der Waals surface area (Å²) in [5, 5.41) is 0. The highest BCUT2D eigenvalue weighted by atomic mass is 19.1. The Hall–Kier alpha value is -2.43. The van der Waals surface area contributed by atoms with Crippen molar-refractivity contribution in [1.82, 2.24) is 4.90 Å². The average Bonchev–Trinajstić information content (AvgIpc) is 2.51. The first-order valence-corrected chi connectivity index (χ1v) is 6.92. The van der Waals surface area contributed by atoms with Crippen molar-refractivity contribution >= 4 is 5.91 Å². The summed E-state index contributed by atoms with van der Waals surface area (Å²) in [6.45, 7) is 0.543. The molecular weight excluding hydrogens is 288 g/mol. The fraction of sp³-hybridized carbons (Fsp3) is 0.235. The highest BCUT2D eigenvalue weighted by molar-refractivity contribution is 5.78. The largest absolute Gasteiger partial charge is 0.489 e. The van der Waals surface area contributed by atoms with Gasteiger partial charge in [0.15, 0.2) is 11.6 Å². The Labute approximate surface area is 128 Å². The van der Waals surface area contributed by atoms with Gasteiger partial charge in [0.1, 0.15) is 12.4 Å². The van der Waals surface area contributed by atoms with Gasteiger partial charge >= 0.3 is 0 Å². The zero-order valence-corrected chi connectivity index (χ0v) is 12.3. The molecule has 22 heavy (non-hydrogen) atoms. The van der Waals surface area contributed by atoms with Crippen molar-refractivity contribution < 1.29 is 18.3 Å². The van der Waals surface area contributed by atoms with Crippen LogP contribution in [0.25, 0.3) is 0 Å². The molecule has 0 aliphatic carbocycles. The normalized spacial score (nSPS) is 10.3. The van der Waals surface area contributed by atoms with Crippen LogP contribution >= 0.6 is 0 Å². The van der Waals surface area contributed by atoms with Crippen LogP contribution in [-0.4, -0.2) is 31.0 Å². The minimum absolute atomic E-state index is 0.108. The molecule has 2 aromatic rings. The molecule has 1 amide bonds. The van der Waals surface area contributed by atoms with Crippen molar-refractivity contribution in [3.63, 3.8) is 0 Å². The molecule has 116 valence electrons. The van der Waals surface area contributed by atoms with E-state index >= 15 is 0 Å². The van der Waals surface area contributed by atoms with E-state index in [-0.39, 0.29) is 30.5 Å². The summed E-state index contributed by atoms with van der Waals surface area (Å²) >= 11 is 0. The number of amides is 1. The van der Waals surface area contributed by atoms with Gasteiger partial charge in [0.05, 0.1) is 13.0 Å². The molecule has 0 aliphatic heterocycles. The molecule has 0 aliphatic rings. The van der Waals surface area contributed by atoms with E-state index in [4.69, 9.17) is 4.74 Å². The molecule has 0 bridgehead atoms. The lowest BCUT2D eigenvalue weighted by Gasteiger charge is -2.17. The van der Waals surface area contributed by atoms with Crippen LogP contribution in [0.3, 0.4) is 0 Å². The fourth-order valence-electron chi connectivity index (χ4n) is 1.89. The number of halogens is 2. The quantitative estimate of drug-likeness (QED) is 0.821. The third kappa shape index (κ3) is 4.55. The van der Waals surface area contributed by atoms with E-state index in [1.807, 2.05) is 0 Å². The fourth-order valence-corrected chi connectivity index (χ4v) is 1.89. The van der Waals surface area contributed by atoms with Crippen molar-refractivity contribution in [3.05, 3.63) is 65.7 Å². The van der Waals surface area contributed by atoms with E-state index in [2.05, 4.69) is 0 Å². The maximum Gasteiger partial charge on any atom is 0.226 e. The Morgan fingerprint density at radius 1 is 1.09 bits per heavy atom. The molecule has 2 aromatic carbocycles. The summed E-state index contributed by atoms with van der Waals surface area (Å²) < 4.78 is 31.5. The van der Waals surface area contributed by atoms with Gasteiger partial charge in [-0.25, -0.2) is 8.78 Å². The predicted molar refractivity (Wildman–Crippen MR) is 79.6 cm³/mol. The van der Waals surface area contributed by atoms with Crippen LogP contribution in [0.15, 0.2) is 48.5 Å². The van der Waals surface area contributed by atoms with Crippen molar-refractivity contribution in [2.24, 2.45) is 0 Å². The second-order valence-corrected chi connectivity index (χ2v) is 4.90. The van der Waals surface area contributed by atoms with Crippen molar-refractivity contribution in [3.8, 4) is 5.75 Å². The van der Waals surface area contributed by atoms with Gasteiger partial charge in [0.2, 0.25) is 5.91 Å². The van der Waals surface area contributed by atoms with E-state index in [0.29, 0.717) is 6.54 Å². The lowest BCUT2D eigenvalue weighted by Crippen LogP contribution is -2.32. The minimum atomic E-state index is -0.428. The molecule has 0 N–H and O–H groups in total. The number of hydrogen-bond donors (Lipinski definition) is 0. The minimum Gasteiger partial charge on any atom is -0.489 e. The van der Waals surface area contributed by atoms with E-state index in [1.165, 1.54) is 29.2 Å². The molecule has 0 saturated carbocycles. The molecule has 2 rings (SSSR count). The van der Waals surface area contributed by atoms with E-state index in [1.54, 1.807) is 31.3 Å².